The van der Waals surface area contributed by atoms with Crippen molar-refractivity contribution in [2.45, 2.75) is 13.8 Å². The van der Waals surface area contributed by atoms with Crippen LogP contribution in [0, 0.1) is 19.3 Å². The van der Waals surface area contributed by atoms with E-state index in [0.717, 1.165) is 22.0 Å². The zero-order valence-corrected chi connectivity index (χ0v) is 13.3. The lowest BCUT2D eigenvalue weighted by molar-refractivity contribution is 0.460. The molecule has 4 aromatic rings. The third-order valence-electron chi connectivity index (χ3n) is 4.44. The van der Waals surface area contributed by atoms with Crippen molar-refractivity contribution >= 4 is 21.8 Å². The quantitative estimate of drug-likeness (QED) is 0.434. The summed E-state index contributed by atoms with van der Waals surface area (Å²) in [4.78, 5) is 7.16. The molecule has 3 aromatic heterocycles. The molecule has 0 bridgehead atoms. The van der Waals surface area contributed by atoms with Crippen LogP contribution in [0.2, 0.25) is 0 Å². The molecule has 6 nitrogen and oxygen atoms in total. The molecule has 0 aliphatic heterocycles. The zero-order valence-electron chi connectivity index (χ0n) is 13.3. The number of pyridine rings is 1. The first-order valence-corrected chi connectivity index (χ1v) is 7.54. The SMILES string of the molecule is Cc1ccc(O)c(C)c1-n1c(=N)c2c(O)nccc3cc[nH]c1c32. The number of aromatic amines is 1. The summed E-state index contributed by atoms with van der Waals surface area (Å²) in [6, 6.07) is 7.13. The number of hydrogen-bond acceptors (Lipinski definition) is 4. The summed E-state index contributed by atoms with van der Waals surface area (Å²) in [5, 5.41) is 31.0. The number of aryl methyl sites for hydroxylation is 1. The molecule has 24 heavy (non-hydrogen) atoms. The van der Waals surface area contributed by atoms with Crippen LogP contribution in [0.25, 0.3) is 27.5 Å². The molecular formula is C18H16N4O2. The van der Waals surface area contributed by atoms with Crippen molar-refractivity contribution in [1.82, 2.24) is 14.5 Å². The minimum absolute atomic E-state index is 0.121. The molecule has 4 N–H and O–H groups in total. The first-order valence-electron chi connectivity index (χ1n) is 7.54. The molecule has 0 saturated heterocycles. The van der Waals surface area contributed by atoms with Gasteiger partial charge in [-0.2, -0.15) is 0 Å². The number of aromatic nitrogens is 3. The van der Waals surface area contributed by atoms with Crippen LogP contribution in [0.4, 0.5) is 0 Å². The van der Waals surface area contributed by atoms with E-state index in [1.165, 1.54) is 6.20 Å². The number of aromatic hydroxyl groups is 2. The number of phenols is 1. The Labute approximate surface area is 137 Å². The Kier molecular flexibility index (Phi) is 2.90. The standard InChI is InChI=1S/C18H16N4O2/c1-9-3-4-12(23)10(2)15(9)22-16(19)14-13-11(5-7-20-17(13)22)6-8-21-18(14)24/h3-8,19-20,23-24H,1-2H3. The van der Waals surface area contributed by atoms with Gasteiger partial charge in [0, 0.05) is 23.3 Å². The summed E-state index contributed by atoms with van der Waals surface area (Å²) in [5.74, 6) is -0.0201. The Morgan fingerprint density at radius 1 is 1.08 bits per heavy atom. The molecular weight excluding hydrogens is 304 g/mol. The fourth-order valence-electron chi connectivity index (χ4n) is 3.29. The van der Waals surface area contributed by atoms with E-state index < -0.39 is 0 Å². The maximum atomic E-state index is 10.3. The molecule has 6 heteroatoms. The van der Waals surface area contributed by atoms with Gasteiger partial charge < -0.3 is 15.2 Å². The van der Waals surface area contributed by atoms with Gasteiger partial charge in [-0.3, -0.25) is 9.98 Å². The maximum absolute atomic E-state index is 10.3. The Hall–Kier alpha value is -3.28. The minimum atomic E-state index is -0.186. The third-order valence-corrected chi connectivity index (χ3v) is 4.44. The summed E-state index contributed by atoms with van der Waals surface area (Å²) in [6.07, 6.45) is 3.32. The van der Waals surface area contributed by atoms with Gasteiger partial charge in [-0.15, -0.1) is 0 Å². The molecule has 0 saturated carbocycles. The van der Waals surface area contributed by atoms with Crippen LogP contribution < -0.4 is 5.49 Å². The van der Waals surface area contributed by atoms with Gasteiger partial charge in [-0.05, 0) is 43.0 Å². The van der Waals surface area contributed by atoms with Gasteiger partial charge in [0.2, 0.25) is 5.88 Å². The van der Waals surface area contributed by atoms with Crippen LogP contribution in [0.3, 0.4) is 0 Å². The van der Waals surface area contributed by atoms with E-state index in [1.54, 1.807) is 22.9 Å². The van der Waals surface area contributed by atoms with Crippen LogP contribution in [-0.4, -0.2) is 24.7 Å². The molecule has 0 unspecified atom stereocenters. The molecule has 0 aliphatic carbocycles. The molecule has 0 radical (unpaired) electrons. The number of rotatable bonds is 1. The first kappa shape index (κ1) is 14.3. The second kappa shape index (κ2) is 4.86. The maximum Gasteiger partial charge on any atom is 0.222 e. The Morgan fingerprint density at radius 3 is 2.67 bits per heavy atom. The molecule has 3 heterocycles. The van der Waals surface area contributed by atoms with Crippen LogP contribution in [0.1, 0.15) is 11.1 Å². The fraction of sp³-hybridized carbons (Fsp3) is 0.111. The predicted molar refractivity (Wildman–Crippen MR) is 91.6 cm³/mol. The highest BCUT2D eigenvalue weighted by Gasteiger charge is 2.19. The monoisotopic (exact) mass is 320 g/mol. The number of hydrogen-bond donors (Lipinski definition) is 4. The summed E-state index contributed by atoms with van der Waals surface area (Å²) in [5.41, 5.74) is 3.12. The van der Waals surface area contributed by atoms with Gasteiger partial charge in [-0.25, -0.2) is 4.98 Å². The van der Waals surface area contributed by atoms with E-state index in [4.69, 9.17) is 5.41 Å². The van der Waals surface area contributed by atoms with E-state index in [-0.39, 0.29) is 17.1 Å². The number of nitrogens with one attached hydrogen (secondary N) is 2. The molecule has 0 fully saturated rings. The van der Waals surface area contributed by atoms with Crippen molar-refractivity contribution in [3.63, 3.8) is 0 Å². The van der Waals surface area contributed by atoms with Crippen LogP contribution in [0.15, 0.2) is 36.7 Å². The average molecular weight is 320 g/mol. The van der Waals surface area contributed by atoms with Crippen molar-refractivity contribution in [3.05, 3.63) is 53.3 Å². The van der Waals surface area contributed by atoms with Crippen molar-refractivity contribution in [3.8, 4) is 17.3 Å². The minimum Gasteiger partial charge on any atom is -0.508 e. The number of benzene rings is 1. The lowest BCUT2D eigenvalue weighted by Crippen LogP contribution is -2.16. The topological polar surface area (TPSA) is 97.9 Å². The van der Waals surface area contributed by atoms with Crippen molar-refractivity contribution < 1.29 is 10.2 Å². The number of phenolic OH excluding ortho intramolecular Hbond substituents is 1. The van der Waals surface area contributed by atoms with Crippen LogP contribution >= 0.6 is 0 Å². The summed E-state index contributed by atoms with van der Waals surface area (Å²) < 4.78 is 1.71. The highest BCUT2D eigenvalue weighted by molar-refractivity contribution is 6.09. The van der Waals surface area contributed by atoms with E-state index >= 15 is 0 Å². The molecule has 1 aromatic carbocycles. The van der Waals surface area contributed by atoms with Crippen molar-refractivity contribution in [1.29, 1.82) is 5.41 Å². The first-order chi connectivity index (χ1) is 11.5. The second-order valence-electron chi connectivity index (χ2n) is 5.86. The van der Waals surface area contributed by atoms with E-state index in [0.29, 0.717) is 16.6 Å². The summed E-state index contributed by atoms with van der Waals surface area (Å²) >= 11 is 0. The zero-order chi connectivity index (χ0) is 17.0. The Balaban J connectivity index is 2.32. The van der Waals surface area contributed by atoms with Gasteiger partial charge >= 0.3 is 0 Å². The van der Waals surface area contributed by atoms with E-state index in [9.17, 15) is 10.2 Å². The lowest BCUT2D eigenvalue weighted by Gasteiger charge is -2.13. The van der Waals surface area contributed by atoms with Crippen LogP contribution in [-0.2, 0) is 0 Å². The predicted octanol–water partition coefficient (Wildman–Crippen LogP) is 3.01. The molecule has 120 valence electrons. The molecule has 4 rings (SSSR count). The highest BCUT2D eigenvalue weighted by atomic mass is 16.3. The third kappa shape index (κ3) is 1.76. The fourth-order valence-corrected chi connectivity index (χ4v) is 3.29. The molecule has 0 spiro atoms. The Bertz CT molecular complexity index is 1170. The number of nitrogens with zero attached hydrogens (tertiary/aromatic N) is 2. The smallest absolute Gasteiger partial charge is 0.222 e. The van der Waals surface area contributed by atoms with Crippen molar-refractivity contribution in [2.24, 2.45) is 0 Å². The largest absolute Gasteiger partial charge is 0.508 e. The number of H-pyrrole nitrogens is 1. The molecule has 0 atom stereocenters. The van der Waals surface area contributed by atoms with Gasteiger partial charge in [0.15, 0.2) is 0 Å². The normalized spacial score (nSPS) is 11.4. The van der Waals surface area contributed by atoms with Gasteiger partial charge in [0.1, 0.15) is 16.9 Å². The van der Waals surface area contributed by atoms with E-state index in [2.05, 4.69) is 9.97 Å². The van der Waals surface area contributed by atoms with Gasteiger partial charge in [0.25, 0.3) is 0 Å². The Morgan fingerprint density at radius 2 is 1.88 bits per heavy atom. The van der Waals surface area contributed by atoms with Gasteiger partial charge in [0.05, 0.1) is 11.1 Å². The molecule has 0 amide bonds. The highest BCUT2D eigenvalue weighted by Crippen LogP contribution is 2.32. The van der Waals surface area contributed by atoms with Crippen molar-refractivity contribution in [2.75, 3.05) is 0 Å². The van der Waals surface area contributed by atoms with E-state index in [1.807, 2.05) is 26.0 Å². The average Bonchev–Trinajstić information content (AvgIpc) is 2.73. The van der Waals surface area contributed by atoms with Crippen LogP contribution in [0.5, 0.6) is 11.6 Å². The summed E-state index contributed by atoms with van der Waals surface area (Å²) in [7, 11) is 0. The molecule has 0 aliphatic rings. The van der Waals surface area contributed by atoms with Gasteiger partial charge in [-0.1, -0.05) is 6.07 Å². The second-order valence-corrected chi connectivity index (χ2v) is 5.86. The lowest BCUT2D eigenvalue weighted by atomic mass is 10.1. The summed E-state index contributed by atoms with van der Waals surface area (Å²) in [6.45, 7) is 3.74.